The Bertz CT molecular complexity index is 680. The smallest absolute Gasteiger partial charge is 0.358 e. The number of carbonyl (C=O) groups excluding carboxylic acids is 1. The highest BCUT2D eigenvalue weighted by Gasteiger charge is 2.34. The lowest BCUT2D eigenvalue weighted by molar-refractivity contribution is -0.0646. The SMILES string of the molecule is COC1CC(OC(=O)c2c(Cl)cnn2[C@H](C)c2ccccc2)C1. The number of benzene rings is 1. The highest BCUT2D eigenvalue weighted by Crippen LogP contribution is 2.29. The van der Waals surface area contributed by atoms with E-state index >= 15 is 0 Å². The zero-order chi connectivity index (χ0) is 16.4. The van der Waals surface area contributed by atoms with Crippen molar-refractivity contribution in [3.8, 4) is 0 Å². The molecule has 1 aromatic carbocycles. The minimum atomic E-state index is -0.435. The summed E-state index contributed by atoms with van der Waals surface area (Å²) in [6.45, 7) is 1.97. The van der Waals surface area contributed by atoms with Crippen molar-refractivity contribution in [1.29, 1.82) is 0 Å². The Balaban J connectivity index is 1.77. The van der Waals surface area contributed by atoms with Gasteiger partial charge in [0.15, 0.2) is 5.69 Å². The number of halogens is 1. The van der Waals surface area contributed by atoms with Gasteiger partial charge in [0.1, 0.15) is 6.10 Å². The number of ether oxygens (including phenoxy) is 2. The third kappa shape index (κ3) is 3.26. The van der Waals surface area contributed by atoms with Crippen LogP contribution in [0.4, 0.5) is 0 Å². The number of nitrogens with zero attached hydrogens (tertiary/aromatic N) is 2. The molecule has 2 aromatic rings. The fourth-order valence-corrected chi connectivity index (χ4v) is 2.92. The van der Waals surface area contributed by atoms with Gasteiger partial charge in [0, 0.05) is 20.0 Å². The second kappa shape index (κ2) is 6.72. The van der Waals surface area contributed by atoms with Crippen LogP contribution < -0.4 is 0 Å². The zero-order valence-electron chi connectivity index (χ0n) is 13.1. The first-order valence-electron chi connectivity index (χ1n) is 7.62. The molecule has 0 aliphatic heterocycles. The molecule has 1 aliphatic rings. The maximum Gasteiger partial charge on any atom is 0.358 e. The molecular formula is C17H19ClN2O3. The molecule has 1 aliphatic carbocycles. The zero-order valence-corrected chi connectivity index (χ0v) is 13.9. The van der Waals surface area contributed by atoms with Gasteiger partial charge in [0.2, 0.25) is 0 Å². The molecule has 5 nitrogen and oxygen atoms in total. The fourth-order valence-electron chi connectivity index (χ4n) is 2.71. The molecule has 0 spiro atoms. The number of aromatic nitrogens is 2. The molecule has 1 fully saturated rings. The number of hydrogen-bond donors (Lipinski definition) is 0. The Kier molecular flexibility index (Phi) is 4.68. The van der Waals surface area contributed by atoms with Crippen LogP contribution in [0.15, 0.2) is 36.5 Å². The van der Waals surface area contributed by atoms with Crippen LogP contribution >= 0.6 is 11.6 Å². The minimum Gasteiger partial charge on any atom is -0.457 e. The molecule has 0 N–H and O–H groups in total. The Hall–Kier alpha value is -1.85. The molecule has 1 heterocycles. The van der Waals surface area contributed by atoms with Gasteiger partial charge in [-0.15, -0.1) is 0 Å². The number of methoxy groups -OCH3 is 1. The maximum absolute atomic E-state index is 12.5. The van der Waals surface area contributed by atoms with Crippen molar-refractivity contribution in [2.45, 2.75) is 38.0 Å². The van der Waals surface area contributed by atoms with Crippen LogP contribution in [0.1, 0.15) is 41.9 Å². The summed E-state index contributed by atoms with van der Waals surface area (Å²) in [6.07, 6.45) is 3.00. The Labute approximate surface area is 140 Å². The average Bonchev–Trinajstić information content (AvgIpc) is 2.92. The van der Waals surface area contributed by atoms with E-state index in [4.69, 9.17) is 21.1 Å². The number of carbonyl (C=O) groups is 1. The predicted molar refractivity (Wildman–Crippen MR) is 86.7 cm³/mol. The summed E-state index contributed by atoms with van der Waals surface area (Å²) >= 11 is 6.16. The molecule has 3 rings (SSSR count). The fraction of sp³-hybridized carbons (Fsp3) is 0.412. The van der Waals surface area contributed by atoms with E-state index < -0.39 is 5.97 Å². The Morgan fingerprint density at radius 2 is 2.00 bits per heavy atom. The molecule has 122 valence electrons. The molecule has 0 bridgehead atoms. The van der Waals surface area contributed by atoms with Crippen LogP contribution in [-0.2, 0) is 9.47 Å². The van der Waals surface area contributed by atoms with E-state index in [1.807, 2.05) is 37.3 Å². The Morgan fingerprint density at radius 3 is 2.65 bits per heavy atom. The molecule has 1 saturated carbocycles. The van der Waals surface area contributed by atoms with E-state index in [2.05, 4.69) is 5.10 Å². The van der Waals surface area contributed by atoms with Crippen LogP contribution in [0, 0.1) is 0 Å². The van der Waals surface area contributed by atoms with Crippen LogP contribution in [0.25, 0.3) is 0 Å². The first-order chi connectivity index (χ1) is 11.1. The molecule has 1 atom stereocenters. The highest BCUT2D eigenvalue weighted by molar-refractivity contribution is 6.33. The van der Waals surface area contributed by atoms with Crippen molar-refractivity contribution in [2.75, 3.05) is 7.11 Å². The van der Waals surface area contributed by atoms with Crippen molar-refractivity contribution in [2.24, 2.45) is 0 Å². The van der Waals surface area contributed by atoms with Crippen molar-refractivity contribution in [1.82, 2.24) is 9.78 Å². The van der Waals surface area contributed by atoms with Gasteiger partial charge < -0.3 is 9.47 Å². The van der Waals surface area contributed by atoms with Crippen LogP contribution in [-0.4, -0.2) is 35.1 Å². The molecule has 1 aromatic heterocycles. The third-order valence-corrected chi connectivity index (χ3v) is 4.53. The van der Waals surface area contributed by atoms with E-state index in [0.717, 1.165) is 18.4 Å². The van der Waals surface area contributed by atoms with Gasteiger partial charge in [-0.25, -0.2) is 9.48 Å². The van der Waals surface area contributed by atoms with Gasteiger partial charge in [-0.3, -0.25) is 0 Å². The molecule has 23 heavy (non-hydrogen) atoms. The second-order valence-electron chi connectivity index (χ2n) is 5.73. The summed E-state index contributed by atoms with van der Waals surface area (Å²) in [4.78, 5) is 12.5. The quantitative estimate of drug-likeness (QED) is 0.785. The van der Waals surface area contributed by atoms with Gasteiger partial charge in [-0.05, 0) is 12.5 Å². The average molecular weight is 335 g/mol. The standard InChI is InChI=1S/C17H19ClN2O3/c1-11(12-6-4-3-5-7-12)20-16(15(18)10-19-20)17(21)23-14-8-13(9-14)22-2/h3-7,10-11,13-14H,8-9H2,1-2H3/t11-,13?,14?/m1/s1. The lowest BCUT2D eigenvalue weighted by Crippen LogP contribution is -2.38. The van der Waals surface area contributed by atoms with E-state index in [9.17, 15) is 4.79 Å². The lowest BCUT2D eigenvalue weighted by Gasteiger charge is -2.33. The van der Waals surface area contributed by atoms with Crippen molar-refractivity contribution >= 4 is 17.6 Å². The van der Waals surface area contributed by atoms with Crippen molar-refractivity contribution in [3.05, 3.63) is 52.8 Å². The van der Waals surface area contributed by atoms with E-state index in [1.165, 1.54) is 6.20 Å². The summed E-state index contributed by atoms with van der Waals surface area (Å²) in [7, 11) is 1.66. The molecule has 0 radical (unpaired) electrons. The summed E-state index contributed by atoms with van der Waals surface area (Å²) in [5, 5.41) is 4.56. The molecule has 0 saturated heterocycles. The van der Waals surface area contributed by atoms with Crippen LogP contribution in [0.2, 0.25) is 5.02 Å². The van der Waals surface area contributed by atoms with Gasteiger partial charge in [0.25, 0.3) is 0 Å². The third-order valence-electron chi connectivity index (χ3n) is 4.25. The number of esters is 1. The lowest BCUT2D eigenvalue weighted by atomic mass is 9.92. The molecular weight excluding hydrogens is 316 g/mol. The first-order valence-corrected chi connectivity index (χ1v) is 7.99. The van der Waals surface area contributed by atoms with E-state index in [0.29, 0.717) is 10.7 Å². The highest BCUT2D eigenvalue weighted by atomic mass is 35.5. The van der Waals surface area contributed by atoms with E-state index in [-0.39, 0.29) is 18.2 Å². The second-order valence-corrected chi connectivity index (χ2v) is 6.14. The normalized spacial score (nSPS) is 21.5. The predicted octanol–water partition coefficient (Wildman–Crippen LogP) is 3.48. The molecule has 6 heteroatoms. The minimum absolute atomic E-state index is 0.112. The maximum atomic E-state index is 12.5. The van der Waals surface area contributed by atoms with Gasteiger partial charge >= 0.3 is 5.97 Å². The summed E-state index contributed by atoms with van der Waals surface area (Å²) in [6, 6.07) is 9.72. The van der Waals surface area contributed by atoms with Crippen molar-refractivity contribution < 1.29 is 14.3 Å². The van der Waals surface area contributed by atoms with Crippen LogP contribution in [0.5, 0.6) is 0 Å². The van der Waals surface area contributed by atoms with Gasteiger partial charge in [0.05, 0.1) is 23.4 Å². The summed E-state index contributed by atoms with van der Waals surface area (Å²) in [5.74, 6) is -0.435. The van der Waals surface area contributed by atoms with Crippen LogP contribution in [0.3, 0.4) is 0 Å². The monoisotopic (exact) mass is 334 g/mol. The summed E-state index contributed by atoms with van der Waals surface area (Å²) < 4.78 is 12.3. The topological polar surface area (TPSA) is 53.4 Å². The first kappa shape index (κ1) is 16.0. The Morgan fingerprint density at radius 1 is 1.30 bits per heavy atom. The largest absolute Gasteiger partial charge is 0.457 e. The summed E-state index contributed by atoms with van der Waals surface area (Å²) in [5.41, 5.74) is 1.34. The van der Waals surface area contributed by atoms with Gasteiger partial charge in [-0.1, -0.05) is 41.9 Å². The number of rotatable bonds is 5. The van der Waals surface area contributed by atoms with Gasteiger partial charge in [-0.2, -0.15) is 5.10 Å². The van der Waals surface area contributed by atoms with Crippen molar-refractivity contribution in [3.63, 3.8) is 0 Å². The molecule has 0 amide bonds. The number of hydrogen-bond acceptors (Lipinski definition) is 4. The molecule has 0 unspecified atom stereocenters. The van der Waals surface area contributed by atoms with E-state index in [1.54, 1.807) is 11.8 Å².